The molecule has 0 bridgehead atoms. The van der Waals surface area contributed by atoms with Gasteiger partial charge in [-0.3, -0.25) is 4.90 Å². The number of anilines is 1. The molecular formula is C13H22N4O2. The van der Waals surface area contributed by atoms with Gasteiger partial charge in [0.1, 0.15) is 11.6 Å². The highest BCUT2D eigenvalue weighted by Crippen LogP contribution is 2.22. The Kier molecular flexibility index (Phi) is 4.34. The van der Waals surface area contributed by atoms with Gasteiger partial charge in [-0.2, -0.15) is 0 Å². The van der Waals surface area contributed by atoms with Crippen molar-refractivity contribution in [1.82, 2.24) is 14.9 Å². The van der Waals surface area contributed by atoms with Gasteiger partial charge in [-0.15, -0.1) is 0 Å². The van der Waals surface area contributed by atoms with E-state index in [4.69, 9.17) is 15.2 Å². The first kappa shape index (κ1) is 14.2. The number of hydrogen-bond acceptors (Lipinski definition) is 6. The molecule has 0 radical (unpaired) electrons. The summed E-state index contributed by atoms with van der Waals surface area (Å²) in [5.74, 6) is 1.25. The maximum atomic E-state index is 5.97. The molecule has 0 spiro atoms. The number of methoxy groups -OCH3 is 1. The Bertz CT molecular complexity index is 425. The molecule has 106 valence electrons. The lowest BCUT2D eigenvalue weighted by Crippen LogP contribution is -2.53. The normalized spacial score (nSPS) is 23.4. The quantitative estimate of drug-likeness (QED) is 0.864. The molecule has 2 N–H and O–H groups in total. The topological polar surface area (TPSA) is 73.5 Å². The van der Waals surface area contributed by atoms with E-state index in [0.717, 1.165) is 18.9 Å². The first-order chi connectivity index (χ1) is 8.98. The molecule has 19 heavy (non-hydrogen) atoms. The molecule has 2 rings (SSSR count). The van der Waals surface area contributed by atoms with Crippen molar-refractivity contribution in [2.24, 2.45) is 0 Å². The maximum absolute atomic E-state index is 5.97. The van der Waals surface area contributed by atoms with Crippen LogP contribution in [0.15, 0.2) is 12.3 Å². The number of nitrogens with two attached hydrogens (primary N) is 1. The van der Waals surface area contributed by atoms with Crippen LogP contribution >= 0.6 is 0 Å². The third-order valence-corrected chi connectivity index (χ3v) is 3.00. The lowest BCUT2D eigenvalue weighted by Gasteiger charge is -2.42. The molecule has 0 unspecified atom stereocenters. The summed E-state index contributed by atoms with van der Waals surface area (Å²) in [6.45, 7) is 7.10. The smallest absolute Gasteiger partial charge is 0.144 e. The molecule has 0 aromatic carbocycles. The first-order valence-electron chi connectivity index (χ1n) is 6.45. The lowest BCUT2D eigenvalue weighted by atomic mass is 10.1. The minimum absolute atomic E-state index is 0.0785. The van der Waals surface area contributed by atoms with Crippen molar-refractivity contribution in [2.45, 2.75) is 32.1 Å². The fraction of sp³-hybridized carbons (Fsp3) is 0.692. The Morgan fingerprint density at radius 1 is 1.58 bits per heavy atom. The molecule has 1 fully saturated rings. The number of aromatic nitrogens is 2. The Morgan fingerprint density at radius 3 is 3.05 bits per heavy atom. The molecule has 6 nitrogen and oxygen atoms in total. The summed E-state index contributed by atoms with van der Waals surface area (Å²) >= 11 is 0. The average molecular weight is 266 g/mol. The number of hydrogen-bond donors (Lipinski definition) is 1. The number of morpholine rings is 1. The van der Waals surface area contributed by atoms with Gasteiger partial charge in [0.15, 0.2) is 0 Å². The summed E-state index contributed by atoms with van der Waals surface area (Å²) in [4.78, 5) is 10.8. The van der Waals surface area contributed by atoms with Crippen LogP contribution in [0.2, 0.25) is 0 Å². The van der Waals surface area contributed by atoms with E-state index in [2.05, 4.69) is 28.7 Å². The van der Waals surface area contributed by atoms with Crippen LogP contribution in [0.4, 0.5) is 5.82 Å². The fourth-order valence-electron chi connectivity index (χ4n) is 2.50. The predicted octanol–water partition coefficient (Wildman–Crippen LogP) is 0.685. The van der Waals surface area contributed by atoms with E-state index in [1.165, 1.54) is 0 Å². The van der Waals surface area contributed by atoms with Crippen LogP contribution in [-0.4, -0.2) is 53.4 Å². The molecule has 0 aliphatic carbocycles. The molecule has 6 heteroatoms. The predicted molar refractivity (Wildman–Crippen MR) is 72.5 cm³/mol. The van der Waals surface area contributed by atoms with Crippen molar-refractivity contribution in [3.63, 3.8) is 0 Å². The summed E-state index contributed by atoms with van der Waals surface area (Å²) in [5, 5.41) is 0. The van der Waals surface area contributed by atoms with Crippen LogP contribution in [-0.2, 0) is 16.0 Å². The minimum atomic E-state index is -0.193. The van der Waals surface area contributed by atoms with Gasteiger partial charge in [0.05, 0.1) is 24.9 Å². The van der Waals surface area contributed by atoms with Gasteiger partial charge < -0.3 is 15.2 Å². The molecule has 1 aliphatic heterocycles. The number of ether oxygens (including phenoxy) is 2. The second kappa shape index (κ2) is 5.81. The molecule has 1 saturated heterocycles. The summed E-state index contributed by atoms with van der Waals surface area (Å²) in [6.07, 6.45) is 1.77. The van der Waals surface area contributed by atoms with E-state index < -0.39 is 0 Å². The van der Waals surface area contributed by atoms with Gasteiger partial charge in [0.2, 0.25) is 0 Å². The van der Waals surface area contributed by atoms with E-state index in [1.54, 1.807) is 19.4 Å². The highest BCUT2D eigenvalue weighted by Gasteiger charge is 2.33. The minimum Gasteiger partial charge on any atom is -0.384 e. The SMILES string of the molecule is COC[C@@H]1CN(Cc2nccc(N)n2)CC(C)(C)O1. The highest BCUT2D eigenvalue weighted by atomic mass is 16.5. The molecule has 1 aliphatic rings. The Labute approximate surface area is 113 Å². The highest BCUT2D eigenvalue weighted by molar-refractivity contribution is 5.24. The Hall–Kier alpha value is -1.24. The number of nitrogens with zero attached hydrogens (tertiary/aromatic N) is 3. The van der Waals surface area contributed by atoms with Gasteiger partial charge in [-0.25, -0.2) is 9.97 Å². The standard InChI is InChI=1S/C13H22N4O2/c1-13(2)9-17(6-10(19-13)8-18-3)7-12-15-5-4-11(14)16-12/h4-5,10H,6-9H2,1-3H3,(H2,14,15,16)/t10-/m0/s1. The van der Waals surface area contributed by atoms with Crippen LogP contribution < -0.4 is 5.73 Å². The van der Waals surface area contributed by atoms with Crippen molar-refractivity contribution in [3.8, 4) is 0 Å². The third-order valence-electron chi connectivity index (χ3n) is 3.00. The zero-order chi connectivity index (χ0) is 13.9. The van der Waals surface area contributed by atoms with Crippen LogP contribution in [0.25, 0.3) is 0 Å². The average Bonchev–Trinajstić information content (AvgIpc) is 2.26. The largest absolute Gasteiger partial charge is 0.384 e. The van der Waals surface area contributed by atoms with Crippen molar-refractivity contribution in [1.29, 1.82) is 0 Å². The molecule has 1 aromatic rings. The van der Waals surface area contributed by atoms with E-state index in [0.29, 0.717) is 19.0 Å². The summed E-state index contributed by atoms with van der Waals surface area (Å²) in [6, 6.07) is 1.69. The number of nitrogen functional groups attached to an aromatic ring is 1. The molecule has 1 atom stereocenters. The molecule has 0 saturated carbocycles. The third kappa shape index (κ3) is 4.12. The number of rotatable bonds is 4. The van der Waals surface area contributed by atoms with E-state index in [-0.39, 0.29) is 11.7 Å². The summed E-state index contributed by atoms with van der Waals surface area (Å²) in [5.41, 5.74) is 5.48. The van der Waals surface area contributed by atoms with Gasteiger partial charge >= 0.3 is 0 Å². The van der Waals surface area contributed by atoms with E-state index >= 15 is 0 Å². The van der Waals surface area contributed by atoms with Crippen LogP contribution in [0, 0.1) is 0 Å². The molecular weight excluding hydrogens is 244 g/mol. The van der Waals surface area contributed by atoms with Crippen molar-refractivity contribution >= 4 is 5.82 Å². The fourth-order valence-corrected chi connectivity index (χ4v) is 2.50. The molecule has 0 amide bonds. The van der Waals surface area contributed by atoms with E-state index in [9.17, 15) is 0 Å². The van der Waals surface area contributed by atoms with Gasteiger partial charge in [-0.1, -0.05) is 0 Å². The van der Waals surface area contributed by atoms with Gasteiger partial charge in [-0.05, 0) is 19.9 Å². The van der Waals surface area contributed by atoms with Crippen LogP contribution in [0.1, 0.15) is 19.7 Å². The lowest BCUT2D eigenvalue weighted by molar-refractivity contribution is -0.154. The monoisotopic (exact) mass is 266 g/mol. The Balaban J connectivity index is 2.02. The zero-order valence-electron chi connectivity index (χ0n) is 11.8. The molecule has 2 heterocycles. The van der Waals surface area contributed by atoms with Gasteiger partial charge in [0, 0.05) is 26.4 Å². The first-order valence-corrected chi connectivity index (χ1v) is 6.45. The van der Waals surface area contributed by atoms with E-state index in [1.807, 2.05) is 0 Å². The van der Waals surface area contributed by atoms with Crippen LogP contribution in [0.5, 0.6) is 0 Å². The van der Waals surface area contributed by atoms with Gasteiger partial charge in [0.25, 0.3) is 0 Å². The van der Waals surface area contributed by atoms with Crippen molar-refractivity contribution < 1.29 is 9.47 Å². The Morgan fingerprint density at radius 2 is 2.37 bits per heavy atom. The summed E-state index contributed by atoms with van der Waals surface area (Å²) < 4.78 is 11.2. The molecule has 1 aromatic heterocycles. The van der Waals surface area contributed by atoms with Crippen molar-refractivity contribution in [2.75, 3.05) is 32.5 Å². The maximum Gasteiger partial charge on any atom is 0.144 e. The zero-order valence-corrected chi connectivity index (χ0v) is 11.8. The second-order valence-electron chi connectivity index (χ2n) is 5.52. The van der Waals surface area contributed by atoms with Crippen molar-refractivity contribution in [3.05, 3.63) is 18.1 Å². The van der Waals surface area contributed by atoms with Crippen LogP contribution in [0.3, 0.4) is 0 Å². The summed E-state index contributed by atoms with van der Waals surface area (Å²) in [7, 11) is 1.69. The second-order valence-corrected chi connectivity index (χ2v) is 5.52.